The summed E-state index contributed by atoms with van der Waals surface area (Å²) in [5.41, 5.74) is 1.85. The molecule has 0 unspecified atom stereocenters. The number of nitrogens with zero attached hydrogens (tertiary/aromatic N) is 1. The van der Waals surface area contributed by atoms with Crippen molar-refractivity contribution >= 4 is 6.08 Å². The van der Waals surface area contributed by atoms with Gasteiger partial charge in [0.25, 0.3) is 0 Å². The molecule has 0 aromatic heterocycles. The van der Waals surface area contributed by atoms with Crippen molar-refractivity contribution in [2.75, 3.05) is 13.2 Å². The van der Waals surface area contributed by atoms with E-state index in [1.807, 2.05) is 12.1 Å². The number of hydrogen-bond acceptors (Lipinski definition) is 4. The van der Waals surface area contributed by atoms with E-state index in [1.54, 1.807) is 6.08 Å². The lowest BCUT2D eigenvalue weighted by molar-refractivity contribution is 0.295. The molecule has 2 aliphatic rings. The first kappa shape index (κ1) is 13.2. The smallest absolute Gasteiger partial charge is 0.235 e. The van der Waals surface area contributed by atoms with Gasteiger partial charge in [-0.3, -0.25) is 0 Å². The minimum Gasteiger partial charge on any atom is -0.490 e. The highest BCUT2D eigenvalue weighted by Gasteiger charge is 2.47. The maximum absolute atomic E-state index is 10.7. The number of isocyanates is 1. The summed E-state index contributed by atoms with van der Waals surface area (Å²) in [6.45, 7) is 5.61. The van der Waals surface area contributed by atoms with Gasteiger partial charge < -0.3 is 9.47 Å². The lowest BCUT2D eigenvalue weighted by Crippen LogP contribution is -2.10. The number of carbonyl (C=O) groups excluding carboxylic acids is 1. The van der Waals surface area contributed by atoms with Crippen molar-refractivity contribution in [1.82, 2.24) is 0 Å². The van der Waals surface area contributed by atoms with Gasteiger partial charge in [0.15, 0.2) is 11.5 Å². The fraction of sp³-hybridized carbons (Fsp3) is 0.562. The highest BCUT2D eigenvalue weighted by molar-refractivity contribution is 5.57. The molecular weight excluding hydrogens is 254 g/mol. The van der Waals surface area contributed by atoms with E-state index in [4.69, 9.17) is 9.47 Å². The lowest BCUT2D eigenvalue weighted by atomic mass is 9.90. The summed E-state index contributed by atoms with van der Waals surface area (Å²) < 4.78 is 11.7. The third kappa shape index (κ3) is 2.10. The van der Waals surface area contributed by atoms with Crippen LogP contribution in [-0.2, 0) is 10.3 Å². The van der Waals surface area contributed by atoms with Gasteiger partial charge in [0, 0.05) is 12.0 Å². The molecule has 106 valence electrons. The first-order valence-electron chi connectivity index (χ1n) is 7.20. The Morgan fingerprint density at radius 3 is 2.65 bits per heavy atom. The minimum absolute atomic E-state index is 0.293. The van der Waals surface area contributed by atoms with Crippen molar-refractivity contribution in [3.63, 3.8) is 0 Å². The van der Waals surface area contributed by atoms with Crippen LogP contribution in [-0.4, -0.2) is 19.3 Å². The summed E-state index contributed by atoms with van der Waals surface area (Å²) in [5, 5.41) is 0. The summed E-state index contributed by atoms with van der Waals surface area (Å²) in [7, 11) is 0. The Balaban J connectivity index is 2.16. The number of rotatable bonds is 3. The fourth-order valence-corrected chi connectivity index (χ4v) is 2.88. The van der Waals surface area contributed by atoms with Crippen molar-refractivity contribution in [2.45, 2.75) is 44.6 Å². The van der Waals surface area contributed by atoms with Crippen LogP contribution in [0.25, 0.3) is 0 Å². The average molecular weight is 273 g/mol. The number of aliphatic imine (C=N–C) groups is 1. The molecule has 0 spiro atoms. The first-order valence-corrected chi connectivity index (χ1v) is 7.20. The van der Waals surface area contributed by atoms with Crippen LogP contribution >= 0.6 is 0 Å². The SMILES string of the molecule is CC(C)c1c(C2(N=C=O)CC2)ccc2c1OCCCO2. The van der Waals surface area contributed by atoms with E-state index in [0.717, 1.165) is 41.9 Å². The van der Waals surface area contributed by atoms with E-state index >= 15 is 0 Å². The van der Waals surface area contributed by atoms with Crippen LogP contribution in [0.2, 0.25) is 0 Å². The van der Waals surface area contributed by atoms with E-state index < -0.39 is 0 Å². The summed E-state index contributed by atoms with van der Waals surface area (Å²) in [5.74, 6) is 1.93. The molecule has 4 nitrogen and oxygen atoms in total. The monoisotopic (exact) mass is 273 g/mol. The molecule has 1 fully saturated rings. The maximum atomic E-state index is 10.7. The Labute approximate surface area is 118 Å². The zero-order valence-corrected chi connectivity index (χ0v) is 11.9. The largest absolute Gasteiger partial charge is 0.490 e. The second-order valence-corrected chi connectivity index (χ2v) is 5.79. The second kappa shape index (κ2) is 4.95. The zero-order chi connectivity index (χ0) is 14.2. The molecule has 1 saturated carbocycles. The van der Waals surface area contributed by atoms with Crippen LogP contribution < -0.4 is 9.47 Å². The summed E-state index contributed by atoms with van der Waals surface area (Å²) in [4.78, 5) is 14.8. The molecular formula is C16H19NO3. The molecule has 3 rings (SSSR count). The zero-order valence-electron chi connectivity index (χ0n) is 11.9. The summed E-state index contributed by atoms with van der Waals surface area (Å²) >= 11 is 0. The standard InChI is InChI=1S/C16H19NO3/c1-11(2)14-12(16(6-7-16)17-10-18)4-5-13-15(14)20-9-3-8-19-13/h4-5,11H,3,6-9H2,1-2H3. The van der Waals surface area contributed by atoms with Crippen molar-refractivity contribution in [3.05, 3.63) is 23.3 Å². The Bertz CT molecular complexity index is 569. The molecule has 0 radical (unpaired) electrons. The molecule has 0 atom stereocenters. The van der Waals surface area contributed by atoms with Crippen LogP contribution in [0.4, 0.5) is 0 Å². The lowest BCUT2D eigenvalue weighted by Gasteiger charge is -2.22. The molecule has 0 N–H and O–H groups in total. The Hall–Kier alpha value is -1.80. The van der Waals surface area contributed by atoms with Crippen LogP contribution in [0.15, 0.2) is 17.1 Å². The van der Waals surface area contributed by atoms with E-state index in [2.05, 4.69) is 18.8 Å². The predicted molar refractivity (Wildman–Crippen MR) is 75.2 cm³/mol. The quantitative estimate of drug-likeness (QED) is 0.627. The normalized spacial score (nSPS) is 19.1. The molecule has 1 heterocycles. The van der Waals surface area contributed by atoms with Crippen molar-refractivity contribution < 1.29 is 14.3 Å². The summed E-state index contributed by atoms with van der Waals surface area (Å²) in [6, 6.07) is 3.99. The minimum atomic E-state index is -0.369. The molecule has 1 aromatic rings. The van der Waals surface area contributed by atoms with Gasteiger partial charge in [-0.15, -0.1) is 0 Å². The summed E-state index contributed by atoms with van der Waals surface area (Å²) in [6.07, 6.45) is 4.43. The maximum Gasteiger partial charge on any atom is 0.235 e. The van der Waals surface area contributed by atoms with E-state index in [-0.39, 0.29) is 5.54 Å². The fourth-order valence-electron chi connectivity index (χ4n) is 2.88. The highest BCUT2D eigenvalue weighted by Crippen LogP contribution is 2.54. The van der Waals surface area contributed by atoms with Gasteiger partial charge in [0.1, 0.15) is 0 Å². The van der Waals surface area contributed by atoms with Crippen LogP contribution in [0.1, 0.15) is 50.2 Å². The Morgan fingerprint density at radius 1 is 1.25 bits per heavy atom. The molecule has 4 heteroatoms. The molecule has 1 aliphatic carbocycles. The molecule has 1 aromatic carbocycles. The van der Waals surface area contributed by atoms with Crippen LogP contribution in [0.3, 0.4) is 0 Å². The average Bonchev–Trinajstić information content (AvgIpc) is 3.21. The number of hydrogen-bond donors (Lipinski definition) is 0. The van der Waals surface area contributed by atoms with Gasteiger partial charge in [-0.2, -0.15) is 4.99 Å². The second-order valence-electron chi connectivity index (χ2n) is 5.79. The number of ether oxygens (including phenoxy) is 2. The highest BCUT2D eigenvalue weighted by atomic mass is 16.5. The van der Waals surface area contributed by atoms with E-state index in [1.165, 1.54) is 0 Å². The van der Waals surface area contributed by atoms with Gasteiger partial charge in [0.05, 0.1) is 18.8 Å². The molecule has 0 bridgehead atoms. The first-order chi connectivity index (χ1) is 9.68. The van der Waals surface area contributed by atoms with Gasteiger partial charge in [-0.05, 0) is 30.4 Å². The predicted octanol–water partition coefficient (Wildman–Crippen LogP) is 3.30. The van der Waals surface area contributed by atoms with Crippen LogP contribution in [0.5, 0.6) is 11.5 Å². The van der Waals surface area contributed by atoms with Gasteiger partial charge in [-0.1, -0.05) is 19.9 Å². The molecule has 0 saturated heterocycles. The Kier molecular flexibility index (Phi) is 3.27. The third-order valence-corrected chi connectivity index (χ3v) is 4.01. The molecule has 0 amide bonds. The topological polar surface area (TPSA) is 47.9 Å². The van der Waals surface area contributed by atoms with Crippen LogP contribution in [0, 0.1) is 0 Å². The number of fused-ring (bicyclic) bond motifs is 1. The number of benzene rings is 1. The molecule has 1 aliphatic heterocycles. The van der Waals surface area contributed by atoms with Crippen molar-refractivity contribution in [3.8, 4) is 11.5 Å². The van der Waals surface area contributed by atoms with Gasteiger partial charge in [0.2, 0.25) is 6.08 Å². The van der Waals surface area contributed by atoms with Crippen molar-refractivity contribution in [1.29, 1.82) is 0 Å². The van der Waals surface area contributed by atoms with Gasteiger partial charge >= 0.3 is 0 Å². The van der Waals surface area contributed by atoms with E-state index in [0.29, 0.717) is 19.1 Å². The van der Waals surface area contributed by atoms with Crippen molar-refractivity contribution in [2.24, 2.45) is 4.99 Å². The Morgan fingerprint density at radius 2 is 2.00 bits per heavy atom. The molecule has 20 heavy (non-hydrogen) atoms. The third-order valence-electron chi connectivity index (χ3n) is 4.01. The van der Waals surface area contributed by atoms with Gasteiger partial charge in [-0.25, -0.2) is 4.79 Å². The van der Waals surface area contributed by atoms with E-state index in [9.17, 15) is 4.79 Å².